The van der Waals surface area contributed by atoms with Crippen LogP contribution in [0.4, 0.5) is 0 Å². The highest BCUT2D eigenvalue weighted by molar-refractivity contribution is 5.23. The predicted molar refractivity (Wildman–Crippen MR) is 63.8 cm³/mol. The van der Waals surface area contributed by atoms with E-state index in [0.717, 1.165) is 19.3 Å². The minimum atomic E-state index is -0.146. The first-order valence-corrected chi connectivity index (χ1v) is 5.49. The smallest absolute Gasteiger partial charge is 0.0434 e. The van der Waals surface area contributed by atoms with E-state index in [2.05, 4.69) is 24.3 Å². The number of aliphatic hydroxyl groups is 1. The second kappa shape index (κ2) is 5.29. The quantitative estimate of drug-likeness (QED) is 0.774. The number of hydrogen-bond acceptors (Lipinski definition) is 2. The molecule has 1 rings (SSSR count). The maximum atomic E-state index is 8.72. The number of nitrogens with two attached hydrogens (primary N) is 1. The van der Waals surface area contributed by atoms with E-state index in [1.807, 2.05) is 13.8 Å². The third kappa shape index (κ3) is 4.96. The highest BCUT2D eigenvalue weighted by Crippen LogP contribution is 2.12. The average Bonchev–Trinajstić information content (AvgIpc) is 2.14. The van der Waals surface area contributed by atoms with Crippen molar-refractivity contribution in [2.75, 3.05) is 6.61 Å². The molecular formula is C13H21NO. The van der Waals surface area contributed by atoms with Crippen molar-refractivity contribution in [2.24, 2.45) is 5.73 Å². The van der Waals surface area contributed by atoms with Crippen LogP contribution in [-0.4, -0.2) is 17.3 Å². The summed E-state index contributed by atoms with van der Waals surface area (Å²) in [7, 11) is 0. The molecule has 2 nitrogen and oxygen atoms in total. The van der Waals surface area contributed by atoms with Gasteiger partial charge in [-0.15, -0.1) is 0 Å². The summed E-state index contributed by atoms with van der Waals surface area (Å²) in [6.45, 7) is 4.33. The van der Waals surface area contributed by atoms with Crippen LogP contribution in [0.3, 0.4) is 0 Å². The van der Waals surface area contributed by atoms with Crippen molar-refractivity contribution < 1.29 is 5.11 Å². The van der Waals surface area contributed by atoms with Crippen molar-refractivity contribution in [1.29, 1.82) is 0 Å². The van der Waals surface area contributed by atoms with Gasteiger partial charge in [0.05, 0.1) is 0 Å². The first-order valence-electron chi connectivity index (χ1n) is 5.49. The van der Waals surface area contributed by atoms with Gasteiger partial charge in [-0.3, -0.25) is 0 Å². The SMILES string of the molecule is CC(C)(N)Cc1ccc(CCCO)cc1. The second-order valence-electron chi connectivity index (χ2n) is 4.81. The van der Waals surface area contributed by atoms with E-state index < -0.39 is 0 Å². The molecule has 0 saturated heterocycles. The molecule has 1 aromatic rings. The highest BCUT2D eigenvalue weighted by atomic mass is 16.2. The van der Waals surface area contributed by atoms with E-state index in [4.69, 9.17) is 10.8 Å². The number of rotatable bonds is 5. The Morgan fingerprint density at radius 2 is 1.67 bits per heavy atom. The van der Waals surface area contributed by atoms with Crippen LogP contribution in [0.5, 0.6) is 0 Å². The Labute approximate surface area is 92.1 Å². The molecular weight excluding hydrogens is 186 g/mol. The molecule has 84 valence electrons. The Morgan fingerprint density at radius 1 is 1.13 bits per heavy atom. The molecule has 0 bridgehead atoms. The molecule has 0 fully saturated rings. The Morgan fingerprint density at radius 3 is 2.13 bits per heavy atom. The van der Waals surface area contributed by atoms with Crippen LogP contribution in [0, 0.1) is 0 Å². The van der Waals surface area contributed by atoms with Gasteiger partial charge in [0, 0.05) is 12.1 Å². The summed E-state index contributed by atoms with van der Waals surface area (Å²) in [4.78, 5) is 0. The van der Waals surface area contributed by atoms with Gasteiger partial charge < -0.3 is 10.8 Å². The van der Waals surface area contributed by atoms with E-state index in [0.29, 0.717) is 0 Å². The topological polar surface area (TPSA) is 46.2 Å². The normalized spacial score (nSPS) is 11.7. The summed E-state index contributed by atoms with van der Waals surface area (Å²) in [6.07, 6.45) is 2.68. The summed E-state index contributed by atoms with van der Waals surface area (Å²) in [5.41, 5.74) is 8.36. The van der Waals surface area contributed by atoms with Crippen molar-refractivity contribution >= 4 is 0 Å². The lowest BCUT2D eigenvalue weighted by Crippen LogP contribution is -2.34. The Balaban J connectivity index is 2.56. The number of aliphatic hydroxyl groups excluding tert-OH is 1. The molecule has 2 heteroatoms. The predicted octanol–water partition coefficient (Wildman–Crippen LogP) is 1.89. The first kappa shape index (κ1) is 12.2. The summed E-state index contributed by atoms with van der Waals surface area (Å²) in [5, 5.41) is 8.72. The lowest BCUT2D eigenvalue weighted by Gasteiger charge is -2.18. The Hall–Kier alpha value is -0.860. The first-order chi connectivity index (χ1) is 7.01. The molecule has 0 aliphatic heterocycles. The number of benzene rings is 1. The largest absolute Gasteiger partial charge is 0.396 e. The van der Waals surface area contributed by atoms with Crippen LogP contribution in [0.1, 0.15) is 31.4 Å². The summed E-state index contributed by atoms with van der Waals surface area (Å²) >= 11 is 0. The monoisotopic (exact) mass is 207 g/mol. The zero-order chi connectivity index (χ0) is 11.3. The van der Waals surface area contributed by atoms with Crippen LogP contribution < -0.4 is 5.73 Å². The molecule has 0 aromatic heterocycles. The summed E-state index contributed by atoms with van der Waals surface area (Å²) < 4.78 is 0. The Kier molecular flexibility index (Phi) is 4.30. The zero-order valence-electron chi connectivity index (χ0n) is 9.66. The van der Waals surface area contributed by atoms with E-state index in [1.165, 1.54) is 11.1 Å². The van der Waals surface area contributed by atoms with Crippen molar-refractivity contribution in [3.8, 4) is 0 Å². The fourth-order valence-electron chi connectivity index (χ4n) is 1.63. The maximum Gasteiger partial charge on any atom is 0.0434 e. The molecule has 0 amide bonds. The van der Waals surface area contributed by atoms with Crippen LogP contribution in [-0.2, 0) is 12.8 Å². The molecule has 0 heterocycles. The number of hydrogen-bond donors (Lipinski definition) is 2. The van der Waals surface area contributed by atoms with E-state index >= 15 is 0 Å². The molecule has 0 atom stereocenters. The van der Waals surface area contributed by atoms with Crippen molar-refractivity contribution in [1.82, 2.24) is 0 Å². The highest BCUT2D eigenvalue weighted by Gasteiger charge is 2.10. The lowest BCUT2D eigenvalue weighted by atomic mass is 9.95. The van der Waals surface area contributed by atoms with Gasteiger partial charge in [-0.1, -0.05) is 24.3 Å². The fourth-order valence-corrected chi connectivity index (χ4v) is 1.63. The van der Waals surface area contributed by atoms with E-state index in [1.54, 1.807) is 0 Å². The van der Waals surface area contributed by atoms with E-state index in [9.17, 15) is 0 Å². The number of aryl methyl sites for hydroxylation is 1. The summed E-state index contributed by atoms with van der Waals surface area (Å²) in [6, 6.07) is 8.50. The van der Waals surface area contributed by atoms with Gasteiger partial charge in [-0.2, -0.15) is 0 Å². The summed E-state index contributed by atoms with van der Waals surface area (Å²) in [5.74, 6) is 0. The van der Waals surface area contributed by atoms with Crippen molar-refractivity contribution in [3.05, 3.63) is 35.4 Å². The average molecular weight is 207 g/mol. The molecule has 0 aliphatic carbocycles. The molecule has 3 N–H and O–H groups in total. The van der Waals surface area contributed by atoms with Crippen LogP contribution in [0.25, 0.3) is 0 Å². The fraction of sp³-hybridized carbons (Fsp3) is 0.538. The van der Waals surface area contributed by atoms with Crippen LogP contribution in [0.2, 0.25) is 0 Å². The van der Waals surface area contributed by atoms with Crippen LogP contribution in [0.15, 0.2) is 24.3 Å². The van der Waals surface area contributed by atoms with Gasteiger partial charge in [-0.05, 0) is 44.2 Å². The van der Waals surface area contributed by atoms with Gasteiger partial charge in [0.2, 0.25) is 0 Å². The molecule has 0 radical (unpaired) electrons. The molecule has 15 heavy (non-hydrogen) atoms. The maximum absolute atomic E-state index is 8.72. The zero-order valence-corrected chi connectivity index (χ0v) is 9.66. The van der Waals surface area contributed by atoms with Gasteiger partial charge in [0.15, 0.2) is 0 Å². The lowest BCUT2D eigenvalue weighted by molar-refractivity contribution is 0.288. The second-order valence-corrected chi connectivity index (χ2v) is 4.81. The standard InChI is InChI=1S/C13H21NO/c1-13(2,14)10-12-7-5-11(6-8-12)4-3-9-15/h5-8,15H,3-4,9-10,14H2,1-2H3. The van der Waals surface area contributed by atoms with Crippen molar-refractivity contribution in [3.63, 3.8) is 0 Å². The van der Waals surface area contributed by atoms with E-state index in [-0.39, 0.29) is 12.1 Å². The van der Waals surface area contributed by atoms with Gasteiger partial charge in [0.25, 0.3) is 0 Å². The minimum Gasteiger partial charge on any atom is -0.396 e. The van der Waals surface area contributed by atoms with Gasteiger partial charge in [-0.25, -0.2) is 0 Å². The minimum absolute atomic E-state index is 0.146. The molecule has 0 spiro atoms. The molecule has 0 saturated carbocycles. The van der Waals surface area contributed by atoms with Gasteiger partial charge in [0.1, 0.15) is 0 Å². The molecule has 0 unspecified atom stereocenters. The van der Waals surface area contributed by atoms with Gasteiger partial charge >= 0.3 is 0 Å². The third-order valence-corrected chi connectivity index (χ3v) is 2.31. The molecule has 1 aromatic carbocycles. The van der Waals surface area contributed by atoms with Crippen LogP contribution >= 0.6 is 0 Å². The Bertz CT molecular complexity index is 284. The van der Waals surface area contributed by atoms with Crippen molar-refractivity contribution in [2.45, 2.75) is 38.6 Å². The third-order valence-electron chi connectivity index (χ3n) is 2.31. The molecule has 0 aliphatic rings.